The van der Waals surface area contributed by atoms with Crippen molar-refractivity contribution in [3.05, 3.63) is 70.5 Å². The molecule has 0 aliphatic rings. The summed E-state index contributed by atoms with van der Waals surface area (Å²) in [5.74, 6) is 1.48. The van der Waals surface area contributed by atoms with Gasteiger partial charge in [0, 0.05) is 11.3 Å². The summed E-state index contributed by atoms with van der Waals surface area (Å²) in [6.45, 7) is 4.14. The second-order valence-corrected chi connectivity index (χ2v) is 7.87. The number of benzene rings is 2. The molecule has 1 heterocycles. The van der Waals surface area contributed by atoms with E-state index in [-0.39, 0.29) is 11.0 Å². The summed E-state index contributed by atoms with van der Waals surface area (Å²) >= 11 is 13.0. The van der Waals surface area contributed by atoms with Crippen molar-refractivity contribution in [2.45, 2.75) is 24.8 Å². The van der Waals surface area contributed by atoms with Crippen LogP contribution in [-0.4, -0.2) is 32.5 Å². The summed E-state index contributed by atoms with van der Waals surface area (Å²) in [5, 5.41) is 12.0. The lowest BCUT2D eigenvalue weighted by Crippen LogP contribution is -2.38. The van der Waals surface area contributed by atoms with E-state index in [0.29, 0.717) is 33.9 Å². The third-order valence-electron chi connectivity index (χ3n) is 3.94. The zero-order chi connectivity index (χ0) is 21.5. The number of amides is 1. The Morgan fingerprint density at radius 3 is 2.70 bits per heavy atom. The van der Waals surface area contributed by atoms with Crippen molar-refractivity contribution < 1.29 is 9.53 Å². The van der Waals surface area contributed by atoms with Gasteiger partial charge in [-0.15, -0.1) is 10.2 Å². The third-order valence-corrected chi connectivity index (χ3v) is 5.43. The second kappa shape index (κ2) is 10.4. The Labute approximate surface area is 189 Å². The molecule has 1 aromatic heterocycles. The minimum Gasteiger partial charge on any atom is -0.492 e. The quantitative estimate of drug-likeness (QED) is 0.403. The van der Waals surface area contributed by atoms with Crippen LogP contribution in [0.15, 0.2) is 53.7 Å². The van der Waals surface area contributed by atoms with Crippen LogP contribution in [0.5, 0.6) is 5.75 Å². The largest absolute Gasteiger partial charge is 0.492 e. The van der Waals surface area contributed by atoms with Gasteiger partial charge in [0.15, 0.2) is 5.11 Å². The smallest absolute Gasteiger partial charge is 0.257 e. The average Bonchev–Trinajstić information content (AvgIpc) is 3.08. The summed E-state index contributed by atoms with van der Waals surface area (Å²) in [6, 6.07) is 14.8. The zero-order valence-electron chi connectivity index (χ0n) is 16.4. The highest BCUT2D eigenvalue weighted by atomic mass is 35.5. The molecule has 156 valence electrons. The van der Waals surface area contributed by atoms with Crippen LogP contribution in [0.25, 0.3) is 0 Å². The lowest BCUT2D eigenvalue weighted by Gasteiger charge is -2.13. The molecule has 3 rings (SSSR count). The van der Waals surface area contributed by atoms with Gasteiger partial charge in [0.2, 0.25) is 5.16 Å². The molecular formula is C20H20ClN5O2S2. The first-order valence-electron chi connectivity index (χ1n) is 9.11. The number of rotatable bonds is 7. The van der Waals surface area contributed by atoms with Crippen molar-refractivity contribution in [1.82, 2.24) is 20.2 Å². The number of hydrogen-bond donors (Lipinski definition) is 2. The summed E-state index contributed by atoms with van der Waals surface area (Å²) in [6.07, 6.45) is 0. The highest BCUT2D eigenvalue weighted by molar-refractivity contribution is 7.98. The third kappa shape index (κ3) is 5.71. The normalized spacial score (nSPS) is 10.5. The minimum absolute atomic E-state index is 0.120. The van der Waals surface area contributed by atoms with Gasteiger partial charge in [0.1, 0.15) is 11.6 Å². The molecule has 0 radical (unpaired) electrons. The van der Waals surface area contributed by atoms with Crippen molar-refractivity contribution in [2.24, 2.45) is 0 Å². The standard InChI is InChI=1S/C20H20ClN5O2S2/c1-3-28-17-10-9-15(11-16(17)21)18(27)22-19(29)25-26-13(2)23-24-20(26)30-12-14-7-5-4-6-8-14/h4-11H,3,12H2,1-2H3,(H2,22,25,27,29). The number of nitrogens with one attached hydrogen (secondary N) is 2. The molecule has 0 saturated carbocycles. The lowest BCUT2D eigenvalue weighted by molar-refractivity contribution is 0.0977. The van der Waals surface area contributed by atoms with E-state index in [4.69, 9.17) is 28.6 Å². The van der Waals surface area contributed by atoms with Gasteiger partial charge in [-0.05, 0) is 49.8 Å². The average molecular weight is 462 g/mol. The first kappa shape index (κ1) is 22.1. The van der Waals surface area contributed by atoms with Crippen molar-refractivity contribution in [2.75, 3.05) is 12.0 Å². The molecule has 10 heteroatoms. The summed E-state index contributed by atoms with van der Waals surface area (Å²) in [7, 11) is 0. The van der Waals surface area contributed by atoms with Gasteiger partial charge in [-0.25, -0.2) is 4.68 Å². The van der Waals surface area contributed by atoms with Crippen molar-refractivity contribution in [3.63, 3.8) is 0 Å². The molecule has 0 unspecified atom stereocenters. The molecule has 2 N–H and O–H groups in total. The number of hydrogen-bond acceptors (Lipinski definition) is 6. The fourth-order valence-corrected chi connectivity index (χ4v) is 3.82. The molecule has 0 saturated heterocycles. The van der Waals surface area contributed by atoms with Gasteiger partial charge in [0.05, 0.1) is 11.6 Å². The lowest BCUT2D eigenvalue weighted by atomic mass is 10.2. The molecule has 0 fully saturated rings. The molecule has 30 heavy (non-hydrogen) atoms. The number of aryl methyl sites for hydroxylation is 1. The van der Waals surface area contributed by atoms with E-state index >= 15 is 0 Å². The van der Waals surface area contributed by atoms with E-state index in [1.54, 1.807) is 23.7 Å². The zero-order valence-corrected chi connectivity index (χ0v) is 18.8. The van der Waals surface area contributed by atoms with E-state index in [1.807, 2.05) is 37.3 Å². The molecule has 3 aromatic rings. The summed E-state index contributed by atoms with van der Waals surface area (Å²) in [4.78, 5) is 12.5. The summed E-state index contributed by atoms with van der Waals surface area (Å²) < 4.78 is 7.02. The monoisotopic (exact) mass is 461 g/mol. The first-order chi connectivity index (χ1) is 14.5. The number of nitrogens with zero attached hydrogens (tertiary/aromatic N) is 3. The van der Waals surface area contributed by atoms with Crippen LogP contribution >= 0.6 is 35.6 Å². The number of aromatic nitrogens is 3. The number of thiocarbonyl (C=S) groups is 1. The summed E-state index contributed by atoms with van der Waals surface area (Å²) in [5.41, 5.74) is 4.49. The van der Waals surface area contributed by atoms with E-state index in [0.717, 1.165) is 11.3 Å². The van der Waals surface area contributed by atoms with E-state index in [9.17, 15) is 4.79 Å². The fraction of sp³-hybridized carbons (Fsp3) is 0.200. The maximum Gasteiger partial charge on any atom is 0.257 e. The van der Waals surface area contributed by atoms with Crippen LogP contribution in [0.3, 0.4) is 0 Å². The predicted molar refractivity (Wildman–Crippen MR) is 123 cm³/mol. The number of thioether (sulfide) groups is 1. The van der Waals surface area contributed by atoms with Crippen LogP contribution in [0.4, 0.5) is 0 Å². The predicted octanol–water partition coefficient (Wildman–Crippen LogP) is 4.19. The molecule has 0 spiro atoms. The van der Waals surface area contributed by atoms with E-state index < -0.39 is 0 Å². The van der Waals surface area contributed by atoms with Crippen LogP contribution in [-0.2, 0) is 5.75 Å². The Balaban J connectivity index is 1.62. The van der Waals surface area contributed by atoms with E-state index in [1.165, 1.54) is 17.8 Å². The van der Waals surface area contributed by atoms with Gasteiger partial charge in [-0.3, -0.25) is 15.5 Å². The number of ether oxygens (including phenoxy) is 1. The highest BCUT2D eigenvalue weighted by Crippen LogP contribution is 2.25. The number of halogens is 1. The molecule has 2 aromatic carbocycles. The molecular weight excluding hydrogens is 442 g/mol. The SMILES string of the molecule is CCOc1ccc(C(=O)NC(=S)Nn2c(C)nnc2SCc2ccccc2)cc1Cl. The fourth-order valence-electron chi connectivity index (χ4n) is 2.51. The topological polar surface area (TPSA) is 81.1 Å². The van der Waals surface area contributed by atoms with E-state index in [2.05, 4.69) is 20.9 Å². The van der Waals surface area contributed by atoms with Crippen LogP contribution in [0, 0.1) is 6.92 Å². The maximum atomic E-state index is 12.5. The molecule has 0 bridgehead atoms. The number of carbonyl (C=O) groups is 1. The number of carbonyl (C=O) groups excluding carboxylic acids is 1. The van der Waals surface area contributed by atoms with Gasteiger partial charge < -0.3 is 4.74 Å². The van der Waals surface area contributed by atoms with Gasteiger partial charge in [0.25, 0.3) is 5.91 Å². The highest BCUT2D eigenvalue weighted by Gasteiger charge is 2.14. The molecule has 7 nitrogen and oxygen atoms in total. The van der Waals surface area contributed by atoms with Gasteiger partial charge >= 0.3 is 0 Å². The van der Waals surface area contributed by atoms with Crippen LogP contribution in [0.1, 0.15) is 28.7 Å². The Morgan fingerprint density at radius 2 is 2.00 bits per heavy atom. The van der Waals surface area contributed by atoms with Gasteiger partial charge in [-0.1, -0.05) is 53.7 Å². The Bertz CT molecular complexity index is 1040. The van der Waals surface area contributed by atoms with Crippen molar-refractivity contribution >= 4 is 46.6 Å². The van der Waals surface area contributed by atoms with Crippen LogP contribution in [0.2, 0.25) is 5.02 Å². The Kier molecular flexibility index (Phi) is 7.67. The van der Waals surface area contributed by atoms with Gasteiger partial charge in [-0.2, -0.15) is 0 Å². The Morgan fingerprint density at radius 1 is 1.23 bits per heavy atom. The van der Waals surface area contributed by atoms with Crippen molar-refractivity contribution in [1.29, 1.82) is 0 Å². The molecule has 1 amide bonds. The van der Waals surface area contributed by atoms with Crippen molar-refractivity contribution in [3.8, 4) is 5.75 Å². The second-order valence-electron chi connectivity index (χ2n) is 6.11. The molecule has 0 aliphatic heterocycles. The minimum atomic E-state index is -0.387. The molecule has 0 atom stereocenters. The first-order valence-corrected chi connectivity index (χ1v) is 10.9. The van der Waals surface area contributed by atoms with Crippen LogP contribution < -0.4 is 15.5 Å². The Hall–Kier alpha value is -2.62. The molecule has 0 aliphatic carbocycles. The maximum absolute atomic E-state index is 12.5.